The zero-order valence-corrected chi connectivity index (χ0v) is 12.0. The molecule has 0 aromatic heterocycles. The van der Waals surface area contributed by atoms with Crippen molar-refractivity contribution in [2.45, 2.75) is 38.0 Å². The maximum Gasteiger partial charge on any atom is 0.210 e. The minimum absolute atomic E-state index is 0.251. The molecule has 4 heteroatoms. The van der Waals surface area contributed by atoms with Gasteiger partial charge in [-0.3, -0.25) is 0 Å². The van der Waals surface area contributed by atoms with E-state index in [-0.39, 0.29) is 9.80 Å². The average molecular weight is 278 g/mol. The molecule has 0 N–H and O–H groups in total. The highest BCUT2D eigenvalue weighted by molar-refractivity contribution is 7.95. The molecule has 1 rings (SSSR count). The van der Waals surface area contributed by atoms with Crippen LogP contribution in [0.2, 0.25) is 0 Å². The van der Waals surface area contributed by atoms with Crippen LogP contribution in [0.1, 0.15) is 33.1 Å². The molecule has 0 heterocycles. The second-order valence-electron chi connectivity index (χ2n) is 4.42. The van der Waals surface area contributed by atoms with Gasteiger partial charge in [0.1, 0.15) is 6.29 Å². The summed E-state index contributed by atoms with van der Waals surface area (Å²) >= 11 is 0. The molecule has 0 saturated carbocycles. The second-order valence-corrected chi connectivity index (χ2v) is 6.39. The van der Waals surface area contributed by atoms with E-state index in [1.54, 1.807) is 44.2 Å². The van der Waals surface area contributed by atoms with Crippen LogP contribution >= 0.6 is 0 Å². The topological polar surface area (TPSA) is 51.2 Å². The third kappa shape index (κ3) is 4.51. The summed E-state index contributed by atoms with van der Waals surface area (Å²) in [7, 11) is -3.51. The molecule has 0 atom stereocenters. The van der Waals surface area contributed by atoms with Gasteiger partial charge in [-0.2, -0.15) is 0 Å². The number of benzene rings is 1. The van der Waals surface area contributed by atoms with Crippen LogP contribution in [-0.4, -0.2) is 14.7 Å². The molecule has 0 bridgehead atoms. The number of sulfone groups is 1. The van der Waals surface area contributed by atoms with E-state index in [1.165, 1.54) is 0 Å². The SMILES string of the molecule is CC(C)=C=C(CCCC=O)S(=O)(=O)c1ccccc1. The first kappa shape index (κ1) is 15.4. The van der Waals surface area contributed by atoms with Gasteiger partial charge < -0.3 is 4.79 Å². The van der Waals surface area contributed by atoms with Crippen LogP contribution in [0.15, 0.2) is 51.4 Å². The van der Waals surface area contributed by atoms with Crippen molar-refractivity contribution >= 4 is 16.1 Å². The second kappa shape index (κ2) is 7.07. The summed E-state index contributed by atoms with van der Waals surface area (Å²) in [6, 6.07) is 8.30. The molecular formula is C15H18O3S. The summed E-state index contributed by atoms with van der Waals surface area (Å²) < 4.78 is 24.9. The molecule has 1 aromatic carbocycles. The van der Waals surface area contributed by atoms with Crippen molar-refractivity contribution in [3.63, 3.8) is 0 Å². The van der Waals surface area contributed by atoms with E-state index >= 15 is 0 Å². The van der Waals surface area contributed by atoms with Gasteiger partial charge in [-0.05, 0) is 44.4 Å². The van der Waals surface area contributed by atoms with Gasteiger partial charge in [-0.1, -0.05) is 18.2 Å². The molecule has 1 aromatic rings. The highest BCUT2D eigenvalue weighted by atomic mass is 32.2. The Morgan fingerprint density at radius 2 is 1.84 bits per heavy atom. The van der Waals surface area contributed by atoms with Crippen molar-refractivity contribution in [1.82, 2.24) is 0 Å². The van der Waals surface area contributed by atoms with Gasteiger partial charge in [0, 0.05) is 6.42 Å². The highest BCUT2D eigenvalue weighted by Gasteiger charge is 2.19. The number of hydrogen-bond acceptors (Lipinski definition) is 3. The summed E-state index contributed by atoms with van der Waals surface area (Å²) in [5.74, 6) is 0. The molecule has 0 fully saturated rings. The summed E-state index contributed by atoms with van der Waals surface area (Å²) in [5.41, 5.74) is 3.71. The highest BCUT2D eigenvalue weighted by Crippen LogP contribution is 2.22. The molecule has 0 aliphatic heterocycles. The van der Waals surface area contributed by atoms with Crippen LogP contribution < -0.4 is 0 Å². The van der Waals surface area contributed by atoms with Gasteiger partial charge in [-0.25, -0.2) is 8.42 Å². The van der Waals surface area contributed by atoms with Crippen molar-refractivity contribution in [1.29, 1.82) is 0 Å². The smallest absolute Gasteiger partial charge is 0.210 e. The summed E-state index contributed by atoms with van der Waals surface area (Å²) in [5, 5.41) is 0. The quantitative estimate of drug-likeness (QED) is 0.456. The van der Waals surface area contributed by atoms with Gasteiger partial charge >= 0.3 is 0 Å². The number of carbonyl (C=O) groups excluding carboxylic acids is 1. The zero-order valence-electron chi connectivity index (χ0n) is 11.2. The van der Waals surface area contributed by atoms with Crippen LogP contribution in [-0.2, 0) is 14.6 Å². The van der Waals surface area contributed by atoms with Gasteiger partial charge in [-0.15, -0.1) is 5.73 Å². The number of rotatable bonds is 6. The average Bonchev–Trinajstić information content (AvgIpc) is 2.38. The Morgan fingerprint density at radius 3 is 2.37 bits per heavy atom. The maximum atomic E-state index is 12.5. The zero-order chi connectivity index (χ0) is 14.3. The minimum atomic E-state index is -3.51. The first-order chi connectivity index (χ1) is 8.98. The van der Waals surface area contributed by atoms with Crippen molar-refractivity contribution in [3.8, 4) is 0 Å². The molecular weight excluding hydrogens is 260 g/mol. The molecule has 19 heavy (non-hydrogen) atoms. The van der Waals surface area contributed by atoms with E-state index in [0.29, 0.717) is 19.3 Å². The third-order valence-corrected chi connectivity index (χ3v) is 4.34. The van der Waals surface area contributed by atoms with Crippen molar-refractivity contribution in [2.75, 3.05) is 0 Å². The normalized spacial score (nSPS) is 10.6. The van der Waals surface area contributed by atoms with Gasteiger partial charge in [0.25, 0.3) is 0 Å². The number of aldehydes is 1. The standard InChI is InChI=1S/C15H18O3S/c1-13(2)12-15(10-6-7-11-16)19(17,18)14-8-4-3-5-9-14/h3-5,8-9,11H,6-7,10H2,1-2H3. The van der Waals surface area contributed by atoms with Gasteiger partial charge in [0.05, 0.1) is 9.80 Å². The summed E-state index contributed by atoms with van der Waals surface area (Å²) in [4.78, 5) is 10.9. The molecule has 0 spiro atoms. The van der Waals surface area contributed by atoms with Crippen LogP contribution in [0.25, 0.3) is 0 Å². The van der Waals surface area contributed by atoms with E-state index < -0.39 is 9.84 Å². The van der Waals surface area contributed by atoms with Crippen LogP contribution in [0, 0.1) is 0 Å². The fraction of sp³-hybridized carbons (Fsp3) is 0.333. The van der Waals surface area contributed by atoms with E-state index in [0.717, 1.165) is 11.9 Å². The van der Waals surface area contributed by atoms with Crippen molar-refractivity contribution < 1.29 is 13.2 Å². The molecule has 0 unspecified atom stereocenters. The Hall–Kier alpha value is -1.64. The Morgan fingerprint density at radius 1 is 1.21 bits per heavy atom. The Kier molecular flexibility index (Phi) is 5.74. The fourth-order valence-electron chi connectivity index (χ4n) is 1.63. The number of carbonyl (C=O) groups is 1. The summed E-state index contributed by atoms with van der Waals surface area (Å²) in [6.45, 7) is 3.61. The first-order valence-electron chi connectivity index (χ1n) is 6.15. The molecule has 0 amide bonds. The lowest BCUT2D eigenvalue weighted by Gasteiger charge is -2.06. The minimum Gasteiger partial charge on any atom is -0.303 e. The largest absolute Gasteiger partial charge is 0.303 e. The first-order valence-corrected chi connectivity index (χ1v) is 7.63. The lowest BCUT2D eigenvalue weighted by atomic mass is 10.2. The monoisotopic (exact) mass is 278 g/mol. The van der Waals surface area contributed by atoms with Crippen LogP contribution in [0.4, 0.5) is 0 Å². The number of unbranched alkanes of at least 4 members (excludes halogenated alkanes) is 1. The van der Waals surface area contributed by atoms with Crippen molar-refractivity contribution in [3.05, 3.63) is 46.5 Å². The van der Waals surface area contributed by atoms with E-state index in [2.05, 4.69) is 5.73 Å². The van der Waals surface area contributed by atoms with Crippen LogP contribution in [0.3, 0.4) is 0 Å². The van der Waals surface area contributed by atoms with E-state index in [4.69, 9.17) is 0 Å². The van der Waals surface area contributed by atoms with Gasteiger partial charge in [0.2, 0.25) is 9.84 Å². The molecule has 0 aliphatic carbocycles. The number of hydrogen-bond donors (Lipinski definition) is 0. The Labute approximate surface area is 114 Å². The molecule has 0 radical (unpaired) electrons. The van der Waals surface area contributed by atoms with Crippen LogP contribution in [0.5, 0.6) is 0 Å². The molecule has 102 valence electrons. The lowest BCUT2D eigenvalue weighted by molar-refractivity contribution is -0.107. The maximum absolute atomic E-state index is 12.5. The van der Waals surface area contributed by atoms with E-state index in [9.17, 15) is 13.2 Å². The lowest BCUT2D eigenvalue weighted by Crippen LogP contribution is -2.04. The third-order valence-electron chi connectivity index (χ3n) is 2.49. The number of allylic oxidation sites excluding steroid dienone is 1. The fourth-order valence-corrected chi connectivity index (χ4v) is 3.18. The predicted molar refractivity (Wildman–Crippen MR) is 75.4 cm³/mol. The van der Waals surface area contributed by atoms with E-state index in [1.807, 2.05) is 0 Å². The van der Waals surface area contributed by atoms with Crippen molar-refractivity contribution in [2.24, 2.45) is 0 Å². The Balaban J connectivity index is 3.19. The summed E-state index contributed by atoms with van der Waals surface area (Å²) in [6.07, 6.45) is 2.01. The van der Waals surface area contributed by atoms with Gasteiger partial charge in [0.15, 0.2) is 0 Å². The predicted octanol–water partition coefficient (Wildman–Crippen LogP) is 3.28. The molecule has 0 aliphatic rings. The molecule has 0 saturated heterocycles. The Bertz CT molecular complexity index is 588. The molecule has 3 nitrogen and oxygen atoms in total.